The number of ether oxygens (including phenoxy) is 1. The number of carbonyl (C=O) groups excluding carboxylic acids is 3. The van der Waals surface area contributed by atoms with Crippen molar-refractivity contribution in [1.82, 2.24) is 25.1 Å². The Morgan fingerprint density at radius 1 is 1.07 bits per heavy atom. The van der Waals surface area contributed by atoms with Gasteiger partial charge in [0.15, 0.2) is 0 Å². The normalized spacial score (nSPS) is 19.2. The molecule has 2 atom stereocenters. The zero-order chi connectivity index (χ0) is 29.2. The number of piperazine rings is 1. The molecule has 0 spiro atoms. The third-order valence-corrected chi connectivity index (χ3v) is 7.32. The molecule has 0 aromatic heterocycles. The van der Waals surface area contributed by atoms with Gasteiger partial charge in [0.05, 0.1) is 19.6 Å². The second kappa shape index (κ2) is 14.5. The third-order valence-electron chi connectivity index (χ3n) is 7.32. The number of urea groups is 1. The summed E-state index contributed by atoms with van der Waals surface area (Å²) in [5, 5.41) is 15.8. The summed E-state index contributed by atoms with van der Waals surface area (Å²) in [4.78, 5) is 44.3. The quantitative estimate of drug-likeness (QED) is 0.305. The minimum atomic E-state index is -0.816. The highest BCUT2D eigenvalue weighted by Gasteiger charge is 2.51. The Morgan fingerprint density at radius 2 is 1.80 bits per heavy atom. The molecule has 2 aromatic carbocycles. The maximum absolute atomic E-state index is 13.8. The summed E-state index contributed by atoms with van der Waals surface area (Å²) in [6.45, 7) is 4.14. The molecular formula is C31H39N5O5. The van der Waals surface area contributed by atoms with E-state index < -0.39 is 18.2 Å². The molecule has 2 aliphatic heterocycles. The number of carbonyl (C=O) groups is 3. The summed E-state index contributed by atoms with van der Waals surface area (Å²) >= 11 is 0. The molecule has 2 heterocycles. The van der Waals surface area contributed by atoms with E-state index in [1.165, 1.54) is 5.01 Å². The highest BCUT2D eigenvalue weighted by molar-refractivity contribution is 5.91. The van der Waals surface area contributed by atoms with Crippen molar-refractivity contribution < 1.29 is 24.2 Å². The Morgan fingerprint density at radius 3 is 2.51 bits per heavy atom. The minimum absolute atomic E-state index is 0.0662. The first kappa shape index (κ1) is 29.9. The fourth-order valence-electron chi connectivity index (χ4n) is 5.25. The van der Waals surface area contributed by atoms with Crippen LogP contribution in [-0.2, 0) is 27.3 Å². The van der Waals surface area contributed by atoms with Crippen molar-refractivity contribution in [2.45, 2.75) is 51.4 Å². The molecular weight excluding hydrogens is 522 g/mol. The molecule has 2 aliphatic rings. The van der Waals surface area contributed by atoms with E-state index in [2.05, 4.69) is 18.2 Å². The number of unbranched alkanes of at least 4 members (excludes halogenated alkanes) is 1. The van der Waals surface area contributed by atoms with E-state index in [9.17, 15) is 19.5 Å². The number of terminal acetylenes is 1. The van der Waals surface area contributed by atoms with Crippen LogP contribution >= 0.6 is 0 Å². The number of fused-ring (bicyclic) bond motifs is 1. The van der Waals surface area contributed by atoms with Gasteiger partial charge in [-0.3, -0.25) is 9.59 Å². The first-order valence-electron chi connectivity index (χ1n) is 14.2. The molecule has 4 amide bonds. The Bertz CT molecular complexity index is 1220. The smallest absolute Gasteiger partial charge is 0.334 e. The molecule has 0 aliphatic carbocycles. The van der Waals surface area contributed by atoms with Crippen LogP contribution in [-0.4, -0.2) is 94.4 Å². The lowest BCUT2D eigenvalue weighted by atomic mass is 9.98. The van der Waals surface area contributed by atoms with Crippen LogP contribution in [0.3, 0.4) is 0 Å². The van der Waals surface area contributed by atoms with Crippen LogP contribution < -0.4 is 5.32 Å². The molecule has 0 bridgehead atoms. The van der Waals surface area contributed by atoms with E-state index in [-0.39, 0.29) is 43.6 Å². The molecule has 2 aromatic rings. The number of amides is 4. The predicted molar refractivity (Wildman–Crippen MR) is 154 cm³/mol. The number of benzene rings is 2. The maximum Gasteiger partial charge on any atom is 0.334 e. The van der Waals surface area contributed by atoms with E-state index in [1.807, 2.05) is 30.3 Å². The van der Waals surface area contributed by atoms with Crippen LogP contribution in [0, 0.1) is 12.3 Å². The van der Waals surface area contributed by atoms with Crippen molar-refractivity contribution >= 4 is 17.8 Å². The van der Waals surface area contributed by atoms with Crippen LogP contribution in [0.25, 0.3) is 0 Å². The van der Waals surface area contributed by atoms with Crippen molar-refractivity contribution in [3.8, 4) is 18.1 Å². The number of hydrazine groups is 1. The zero-order valence-corrected chi connectivity index (χ0v) is 23.6. The Balaban J connectivity index is 1.60. The van der Waals surface area contributed by atoms with Gasteiger partial charge >= 0.3 is 6.03 Å². The minimum Gasteiger partial charge on any atom is -0.508 e. The lowest BCUT2D eigenvalue weighted by Gasteiger charge is -2.55. The number of phenols is 1. The van der Waals surface area contributed by atoms with Gasteiger partial charge in [0, 0.05) is 32.7 Å². The fraction of sp³-hybridized carbons (Fsp3) is 0.452. The van der Waals surface area contributed by atoms with Gasteiger partial charge in [0.25, 0.3) is 0 Å². The van der Waals surface area contributed by atoms with Crippen molar-refractivity contribution in [2.75, 3.05) is 39.4 Å². The van der Waals surface area contributed by atoms with Gasteiger partial charge in [-0.1, -0.05) is 61.7 Å². The van der Waals surface area contributed by atoms with Crippen LogP contribution in [0.5, 0.6) is 5.75 Å². The van der Waals surface area contributed by atoms with E-state index in [0.717, 1.165) is 24.0 Å². The molecule has 2 N–H and O–H groups in total. The number of phenolic OH excluding ortho intramolecular Hbond substituents is 1. The fourth-order valence-corrected chi connectivity index (χ4v) is 5.25. The monoisotopic (exact) mass is 561 g/mol. The predicted octanol–water partition coefficient (Wildman–Crippen LogP) is 2.58. The molecule has 0 unspecified atom stereocenters. The summed E-state index contributed by atoms with van der Waals surface area (Å²) in [5.74, 6) is 2.24. The summed E-state index contributed by atoms with van der Waals surface area (Å²) in [6, 6.07) is 14.9. The Hall–Kier alpha value is -4.07. The average Bonchev–Trinajstić information content (AvgIpc) is 2.97. The number of nitrogens with zero attached hydrogens (tertiary/aromatic N) is 4. The largest absolute Gasteiger partial charge is 0.508 e. The summed E-state index contributed by atoms with van der Waals surface area (Å²) in [6.07, 6.45) is 7.81. The van der Waals surface area contributed by atoms with Gasteiger partial charge in [-0.05, 0) is 36.1 Å². The van der Waals surface area contributed by atoms with Crippen molar-refractivity contribution in [1.29, 1.82) is 0 Å². The summed E-state index contributed by atoms with van der Waals surface area (Å²) in [7, 11) is 0. The lowest BCUT2D eigenvalue weighted by molar-refractivity contribution is -0.188. The first-order chi connectivity index (χ1) is 19.9. The van der Waals surface area contributed by atoms with E-state index in [0.29, 0.717) is 32.7 Å². The topological polar surface area (TPSA) is 106 Å². The van der Waals surface area contributed by atoms with Crippen LogP contribution in [0.4, 0.5) is 4.79 Å². The molecule has 10 heteroatoms. The zero-order valence-electron chi connectivity index (χ0n) is 23.6. The van der Waals surface area contributed by atoms with E-state index in [1.54, 1.807) is 39.1 Å². The second-order valence-electron chi connectivity index (χ2n) is 10.3. The number of rotatable bonds is 12. The molecule has 0 saturated carbocycles. The SMILES string of the molecule is C#CCN1CC(=O)N2[C@@H](Cc3ccc(O)cc3)C(=O)N(CCCOCCCC)C[C@@H]2N1C(=O)NCc1ccccc1. The highest BCUT2D eigenvalue weighted by Crippen LogP contribution is 2.28. The van der Waals surface area contributed by atoms with Crippen molar-refractivity contribution in [2.24, 2.45) is 0 Å². The van der Waals surface area contributed by atoms with E-state index in [4.69, 9.17) is 11.2 Å². The summed E-state index contributed by atoms with van der Waals surface area (Å²) < 4.78 is 5.71. The number of aromatic hydroxyl groups is 1. The molecule has 2 fully saturated rings. The summed E-state index contributed by atoms with van der Waals surface area (Å²) in [5.41, 5.74) is 1.73. The van der Waals surface area contributed by atoms with Gasteiger partial charge in [0.1, 0.15) is 18.0 Å². The Kier molecular flexibility index (Phi) is 10.6. The molecule has 2 saturated heterocycles. The maximum atomic E-state index is 13.8. The number of hydrogen-bond acceptors (Lipinski definition) is 6. The second-order valence-corrected chi connectivity index (χ2v) is 10.3. The van der Waals surface area contributed by atoms with Gasteiger partial charge in [-0.2, -0.15) is 5.01 Å². The first-order valence-corrected chi connectivity index (χ1v) is 14.2. The van der Waals surface area contributed by atoms with Gasteiger partial charge in [-0.15, -0.1) is 6.42 Å². The van der Waals surface area contributed by atoms with Gasteiger partial charge in [-0.25, -0.2) is 9.80 Å². The van der Waals surface area contributed by atoms with Crippen LogP contribution in [0.15, 0.2) is 54.6 Å². The molecule has 10 nitrogen and oxygen atoms in total. The highest BCUT2D eigenvalue weighted by atomic mass is 16.5. The van der Waals surface area contributed by atoms with Crippen molar-refractivity contribution in [3.63, 3.8) is 0 Å². The van der Waals surface area contributed by atoms with E-state index >= 15 is 0 Å². The average molecular weight is 562 g/mol. The number of nitrogens with one attached hydrogen (secondary N) is 1. The number of hydrogen-bond donors (Lipinski definition) is 2. The van der Waals surface area contributed by atoms with Crippen molar-refractivity contribution in [3.05, 3.63) is 65.7 Å². The molecule has 41 heavy (non-hydrogen) atoms. The lowest BCUT2D eigenvalue weighted by Crippen LogP contribution is -2.76. The molecule has 0 radical (unpaired) electrons. The molecule has 4 rings (SSSR count). The van der Waals surface area contributed by atoms with Crippen LogP contribution in [0.1, 0.15) is 37.3 Å². The standard InChI is InChI=1S/C31H39N5O5/c1-3-5-18-41-19-9-17-33-22-28-35(27(30(33)39)20-24-12-14-26(37)15-13-24)29(38)23-34(16-4-2)36(28)31(40)32-21-25-10-7-6-8-11-25/h2,6-8,10-15,27-28,37H,3,5,9,16-23H2,1H3,(H,32,40)/t27-,28-/m0/s1. The third kappa shape index (κ3) is 7.57. The Labute approximate surface area is 241 Å². The molecule has 218 valence electrons. The van der Waals surface area contributed by atoms with Crippen LogP contribution in [0.2, 0.25) is 0 Å². The van der Waals surface area contributed by atoms with Gasteiger partial charge < -0.3 is 25.0 Å². The van der Waals surface area contributed by atoms with Gasteiger partial charge in [0.2, 0.25) is 11.8 Å².